The average Bonchev–Trinajstić information content (AvgIpc) is 2.31. The number of carboxylic acids is 1. The van der Waals surface area contributed by atoms with Crippen molar-refractivity contribution in [1.29, 1.82) is 0 Å². The summed E-state index contributed by atoms with van der Waals surface area (Å²) < 4.78 is 0. The molecule has 2 unspecified atom stereocenters. The predicted molar refractivity (Wildman–Crippen MR) is 80.6 cm³/mol. The number of carboxylic acid groups (broad SMARTS) is 1. The zero-order valence-corrected chi connectivity index (χ0v) is 13.4. The van der Waals surface area contributed by atoms with Crippen molar-refractivity contribution in [2.75, 3.05) is 6.54 Å². The molecule has 20 heavy (non-hydrogen) atoms. The van der Waals surface area contributed by atoms with E-state index in [1.807, 2.05) is 20.8 Å². The SMILES string of the molecule is CC(C)CCC(C)NC(=O)CNC(CC(C)C)C(=O)O. The Morgan fingerprint density at radius 3 is 2.05 bits per heavy atom. The van der Waals surface area contributed by atoms with Gasteiger partial charge in [-0.05, 0) is 38.0 Å². The maximum Gasteiger partial charge on any atom is 0.320 e. The number of hydrogen-bond donors (Lipinski definition) is 3. The van der Waals surface area contributed by atoms with Crippen molar-refractivity contribution >= 4 is 11.9 Å². The highest BCUT2D eigenvalue weighted by atomic mass is 16.4. The molecule has 0 bridgehead atoms. The highest BCUT2D eigenvalue weighted by molar-refractivity contribution is 5.80. The number of aliphatic carboxylic acids is 1. The molecule has 0 saturated heterocycles. The Labute approximate surface area is 122 Å². The van der Waals surface area contributed by atoms with Crippen LogP contribution in [0, 0.1) is 11.8 Å². The molecule has 0 saturated carbocycles. The van der Waals surface area contributed by atoms with E-state index in [2.05, 4.69) is 24.5 Å². The fourth-order valence-electron chi connectivity index (χ4n) is 1.94. The van der Waals surface area contributed by atoms with Crippen LogP contribution in [0.4, 0.5) is 0 Å². The van der Waals surface area contributed by atoms with Gasteiger partial charge in [0.2, 0.25) is 5.91 Å². The second-order valence-corrected chi connectivity index (χ2v) is 6.34. The van der Waals surface area contributed by atoms with Crippen LogP contribution in [-0.4, -0.2) is 35.6 Å². The Bertz CT molecular complexity index is 303. The number of carbonyl (C=O) groups is 2. The summed E-state index contributed by atoms with van der Waals surface area (Å²) in [7, 11) is 0. The van der Waals surface area contributed by atoms with E-state index in [9.17, 15) is 9.59 Å². The van der Waals surface area contributed by atoms with Crippen LogP contribution in [0.1, 0.15) is 53.9 Å². The van der Waals surface area contributed by atoms with Crippen molar-refractivity contribution in [2.45, 2.75) is 66.0 Å². The number of carbonyl (C=O) groups excluding carboxylic acids is 1. The van der Waals surface area contributed by atoms with Crippen molar-refractivity contribution in [3.63, 3.8) is 0 Å². The molecule has 0 aliphatic heterocycles. The van der Waals surface area contributed by atoms with E-state index in [0.717, 1.165) is 12.8 Å². The van der Waals surface area contributed by atoms with Crippen molar-refractivity contribution in [3.8, 4) is 0 Å². The summed E-state index contributed by atoms with van der Waals surface area (Å²) in [6.07, 6.45) is 2.53. The van der Waals surface area contributed by atoms with Crippen LogP contribution >= 0.6 is 0 Å². The average molecular weight is 286 g/mol. The minimum absolute atomic E-state index is 0.0513. The first kappa shape index (κ1) is 18.9. The summed E-state index contributed by atoms with van der Waals surface area (Å²) in [6, 6.07) is -0.535. The summed E-state index contributed by atoms with van der Waals surface area (Å²) in [5.41, 5.74) is 0. The fourth-order valence-corrected chi connectivity index (χ4v) is 1.94. The molecule has 5 nitrogen and oxygen atoms in total. The molecule has 0 aromatic heterocycles. The third kappa shape index (κ3) is 9.78. The largest absolute Gasteiger partial charge is 0.480 e. The van der Waals surface area contributed by atoms with E-state index >= 15 is 0 Å². The van der Waals surface area contributed by atoms with Gasteiger partial charge in [0.1, 0.15) is 6.04 Å². The molecule has 0 aliphatic carbocycles. The van der Waals surface area contributed by atoms with E-state index < -0.39 is 12.0 Å². The Balaban J connectivity index is 4.03. The van der Waals surface area contributed by atoms with E-state index in [0.29, 0.717) is 12.3 Å². The van der Waals surface area contributed by atoms with Gasteiger partial charge < -0.3 is 10.4 Å². The van der Waals surface area contributed by atoms with Gasteiger partial charge in [0.15, 0.2) is 0 Å². The molecule has 2 atom stereocenters. The first-order valence-corrected chi connectivity index (χ1v) is 7.47. The van der Waals surface area contributed by atoms with Gasteiger partial charge in [-0.1, -0.05) is 27.7 Å². The lowest BCUT2D eigenvalue weighted by atomic mass is 10.0. The normalized spacial score (nSPS) is 14.3. The maximum absolute atomic E-state index is 11.7. The second-order valence-electron chi connectivity index (χ2n) is 6.34. The lowest BCUT2D eigenvalue weighted by molar-refractivity contribution is -0.140. The minimum Gasteiger partial charge on any atom is -0.480 e. The standard InChI is InChI=1S/C15H30N2O3/c1-10(2)6-7-12(5)17-14(18)9-16-13(15(19)20)8-11(3)4/h10-13,16H,6-9H2,1-5H3,(H,17,18)(H,19,20). The molecular formula is C15H30N2O3. The van der Waals surface area contributed by atoms with Gasteiger partial charge in [0.05, 0.1) is 6.54 Å². The Hall–Kier alpha value is -1.10. The van der Waals surface area contributed by atoms with Crippen LogP contribution in [0.5, 0.6) is 0 Å². The van der Waals surface area contributed by atoms with Crippen molar-refractivity contribution in [1.82, 2.24) is 10.6 Å². The van der Waals surface area contributed by atoms with Gasteiger partial charge in [-0.15, -0.1) is 0 Å². The first-order chi connectivity index (χ1) is 9.22. The highest BCUT2D eigenvalue weighted by Gasteiger charge is 2.19. The molecule has 0 radical (unpaired) electrons. The van der Waals surface area contributed by atoms with Gasteiger partial charge in [-0.3, -0.25) is 14.9 Å². The van der Waals surface area contributed by atoms with Gasteiger partial charge >= 0.3 is 5.97 Å². The topological polar surface area (TPSA) is 78.4 Å². The molecule has 0 rings (SSSR count). The summed E-state index contributed by atoms with van der Waals surface area (Å²) in [5, 5.41) is 14.8. The lowest BCUT2D eigenvalue weighted by Crippen LogP contribution is -2.45. The molecule has 0 aromatic carbocycles. The van der Waals surface area contributed by atoms with Gasteiger partial charge in [0, 0.05) is 6.04 Å². The van der Waals surface area contributed by atoms with Gasteiger partial charge in [-0.2, -0.15) is 0 Å². The summed E-state index contributed by atoms with van der Waals surface area (Å²) in [5.74, 6) is -0.151. The molecule has 3 N–H and O–H groups in total. The molecule has 0 aliphatic rings. The number of hydrogen-bond acceptors (Lipinski definition) is 3. The molecule has 5 heteroatoms. The summed E-state index contributed by atoms with van der Waals surface area (Å²) >= 11 is 0. The van der Waals surface area contributed by atoms with E-state index in [1.165, 1.54) is 0 Å². The van der Waals surface area contributed by atoms with Crippen LogP contribution in [-0.2, 0) is 9.59 Å². The van der Waals surface area contributed by atoms with Crippen LogP contribution in [0.3, 0.4) is 0 Å². The van der Waals surface area contributed by atoms with Crippen molar-refractivity contribution < 1.29 is 14.7 Å². The molecular weight excluding hydrogens is 256 g/mol. The summed E-state index contributed by atoms with van der Waals surface area (Å²) in [6.45, 7) is 10.3. The lowest BCUT2D eigenvalue weighted by Gasteiger charge is -2.18. The second kappa shape index (κ2) is 9.75. The Morgan fingerprint density at radius 1 is 1.00 bits per heavy atom. The smallest absolute Gasteiger partial charge is 0.320 e. The molecule has 1 amide bonds. The van der Waals surface area contributed by atoms with Crippen molar-refractivity contribution in [3.05, 3.63) is 0 Å². The van der Waals surface area contributed by atoms with E-state index in [-0.39, 0.29) is 24.4 Å². The fraction of sp³-hybridized carbons (Fsp3) is 0.867. The summed E-state index contributed by atoms with van der Waals surface area (Å²) in [4.78, 5) is 22.8. The zero-order valence-electron chi connectivity index (χ0n) is 13.4. The third-order valence-electron chi connectivity index (χ3n) is 3.10. The molecule has 0 heterocycles. The maximum atomic E-state index is 11.7. The molecule has 0 aromatic rings. The van der Waals surface area contributed by atoms with Crippen molar-refractivity contribution in [2.24, 2.45) is 11.8 Å². The molecule has 0 fully saturated rings. The monoisotopic (exact) mass is 286 g/mol. The molecule has 118 valence electrons. The van der Waals surface area contributed by atoms with Crippen LogP contribution in [0.2, 0.25) is 0 Å². The van der Waals surface area contributed by atoms with Gasteiger partial charge in [-0.25, -0.2) is 0 Å². The first-order valence-electron chi connectivity index (χ1n) is 7.47. The molecule has 0 spiro atoms. The minimum atomic E-state index is -0.903. The Morgan fingerprint density at radius 2 is 1.60 bits per heavy atom. The van der Waals surface area contributed by atoms with E-state index in [4.69, 9.17) is 5.11 Å². The predicted octanol–water partition coefficient (Wildman–Crippen LogP) is 2.02. The van der Waals surface area contributed by atoms with Crippen LogP contribution < -0.4 is 10.6 Å². The number of amides is 1. The quantitative estimate of drug-likeness (QED) is 0.574. The number of nitrogens with one attached hydrogen (secondary N) is 2. The third-order valence-corrected chi connectivity index (χ3v) is 3.10. The van der Waals surface area contributed by atoms with E-state index in [1.54, 1.807) is 0 Å². The highest BCUT2D eigenvalue weighted by Crippen LogP contribution is 2.06. The van der Waals surface area contributed by atoms with Crippen LogP contribution in [0.15, 0.2) is 0 Å². The Kier molecular flexibility index (Phi) is 9.21. The van der Waals surface area contributed by atoms with Crippen LogP contribution in [0.25, 0.3) is 0 Å². The number of rotatable bonds is 10. The van der Waals surface area contributed by atoms with Gasteiger partial charge in [0.25, 0.3) is 0 Å². The zero-order chi connectivity index (χ0) is 15.7.